The lowest BCUT2D eigenvalue weighted by molar-refractivity contribution is -0.137. The fraction of sp³-hybridized carbons (Fsp3) is 0.350. The van der Waals surface area contributed by atoms with Crippen LogP contribution in [0, 0.1) is 0 Å². The van der Waals surface area contributed by atoms with Crippen LogP contribution in [-0.4, -0.2) is 24.4 Å². The molecule has 2 aromatic carbocycles. The highest BCUT2D eigenvalue weighted by Gasteiger charge is 2.34. The van der Waals surface area contributed by atoms with Gasteiger partial charge < -0.3 is 5.32 Å². The zero-order valence-corrected chi connectivity index (χ0v) is 15.6. The minimum absolute atomic E-state index is 0.00107. The number of aryl methyl sites for hydroxylation is 1. The quantitative estimate of drug-likeness (QED) is 0.759. The van der Waals surface area contributed by atoms with Crippen LogP contribution in [-0.2, 0) is 17.4 Å². The molecule has 0 aromatic heterocycles. The topological polar surface area (TPSA) is 32.3 Å². The summed E-state index contributed by atoms with van der Waals surface area (Å²) < 4.78 is 39.5. The zero-order chi connectivity index (χ0) is 19.6. The Kier molecular flexibility index (Phi) is 5.77. The molecule has 1 aliphatic rings. The van der Waals surface area contributed by atoms with Crippen molar-refractivity contribution in [2.75, 3.05) is 18.9 Å². The van der Waals surface area contributed by atoms with Gasteiger partial charge in [-0.1, -0.05) is 35.9 Å². The van der Waals surface area contributed by atoms with Crippen molar-refractivity contribution in [3.8, 4) is 0 Å². The molecular formula is C20H20ClF3N2O. The summed E-state index contributed by atoms with van der Waals surface area (Å²) in [5.74, 6) is -0.492. The summed E-state index contributed by atoms with van der Waals surface area (Å²) in [4.78, 5) is 14.3. The molecule has 1 aliphatic carbocycles. The van der Waals surface area contributed by atoms with Crippen molar-refractivity contribution in [2.24, 2.45) is 0 Å². The van der Waals surface area contributed by atoms with Crippen LogP contribution in [0.15, 0.2) is 42.5 Å². The van der Waals surface area contributed by atoms with Crippen molar-refractivity contribution in [1.29, 1.82) is 0 Å². The normalized spacial score (nSPS) is 16.9. The van der Waals surface area contributed by atoms with Gasteiger partial charge in [-0.2, -0.15) is 13.2 Å². The number of halogens is 4. The molecule has 7 heteroatoms. The molecule has 0 unspecified atom stereocenters. The summed E-state index contributed by atoms with van der Waals surface area (Å²) in [5, 5.41) is 2.35. The first-order valence-electron chi connectivity index (χ1n) is 8.70. The van der Waals surface area contributed by atoms with E-state index >= 15 is 0 Å². The number of anilines is 1. The van der Waals surface area contributed by atoms with E-state index in [1.54, 1.807) is 0 Å². The van der Waals surface area contributed by atoms with Crippen molar-refractivity contribution in [1.82, 2.24) is 4.90 Å². The number of nitrogens with one attached hydrogen (secondary N) is 1. The third kappa shape index (κ3) is 4.62. The molecule has 1 atom stereocenters. The van der Waals surface area contributed by atoms with E-state index in [-0.39, 0.29) is 23.3 Å². The summed E-state index contributed by atoms with van der Waals surface area (Å²) in [6.07, 6.45) is -1.66. The lowest BCUT2D eigenvalue weighted by Crippen LogP contribution is -2.35. The monoisotopic (exact) mass is 396 g/mol. The van der Waals surface area contributed by atoms with E-state index in [2.05, 4.69) is 17.4 Å². The molecule has 3 nitrogen and oxygen atoms in total. The van der Waals surface area contributed by atoms with Gasteiger partial charge in [0.15, 0.2) is 0 Å². The van der Waals surface area contributed by atoms with Crippen molar-refractivity contribution >= 4 is 23.2 Å². The smallest absolute Gasteiger partial charge is 0.324 e. The van der Waals surface area contributed by atoms with Crippen LogP contribution in [0.1, 0.15) is 35.6 Å². The molecular weight excluding hydrogens is 377 g/mol. The zero-order valence-electron chi connectivity index (χ0n) is 14.8. The number of amides is 1. The highest BCUT2D eigenvalue weighted by molar-refractivity contribution is 6.30. The maximum Gasteiger partial charge on any atom is 0.418 e. The van der Waals surface area contributed by atoms with Crippen molar-refractivity contribution in [2.45, 2.75) is 31.5 Å². The number of likely N-dealkylation sites (N-methyl/N-ethyl adjacent to an activating group) is 1. The van der Waals surface area contributed by atoms with Gasteiger partial charge in [0, 0.05) is 11.1 Å². The molecule has 0 radical (unpaired) electrons. The predicted octanol–water partition coefficient (Wildman–Crippen LogP) is 5.31. The largest absolute Gasteiger partial charge is 0.418 e. The number of rotatable bonds is 4. The number of hydrogen-bond acceptors (Lipinski definition) is 2. The van der Waals surface area contributed by atoms with Crippen LogP contribution >= 0.6 is 11.6 Å². The molecule has 0 saturated carbocycles. The molecule has 2 aromatic rings. The van der Waals surface area contributed by atoms with Crippen LogP contribution in [0.3, 0.4) is 0 Å². The lowest BCUT2D eigenvalue weighted by atomic mass is 9.87. The Hall–Kier alpha value is -2.05. The molecule has 0 spiro atoms. The van der Waals surface area contributed by atoms with E-state index in [1.165, 1.54) is 23.3 Å². The van der Waals surface area contributed by atoms with Crippen molar-refractivity contribution < 1.29 is 18.0 Å². The first kappa shape index (κ1) is 19.7. The number of fused-ring (bicyclic) bond motifs is 1. The number of carbonyl (C=O) groups excluding carboxylic acids is 1. The highest BCUT2D eigenvalue weighted by atomic mass is 35.5. The predicted molar refractivity (Wildman–Crippen MR) is 99.8 cm³/mol. The summed E-state index contributed by atoms with van der Waals surface area (Å²) >= 11 is 5.67. The maximum atomic E-state index is 13.2. The Balaban J connectivity index is 1.72. The van der Waals surface area contributed by atoms with Gasteiger partial charge in [-0.3, -0.25) is 9.69 Å². The van der Waals surface area contributed by atoms with Gasteiger partial charge in [-0.25, -0.2) is 0 Å². The third-order valence-electron chi connectivity index (χ3n) is 4.82. The van der Waals surface area contributed by atoms with Crippen LogP contribution in [0.5, 0.6) is 0 Å². The molecule has 0 saturated heterocycles. The number of benzene rings is 2. The SMILES string of the molecule is CN(CC(=O)Nc1ccc(Cl)cc1C(F)(F)F)[C@H]1CCCc2ccccc21. The second kappa shape index (κ2) is 7.90. The van der Waals surface area contributed by atoms with E-state index in [9.17, 15) is 18.0 Å². The van der Waals surface area contributed by atoms with Crippen molar-refractivity contribution in [3.63, 3.8) is 0 Å². The Morgan fingerprint density at radius 2 is 2.00 bits per heavy atom. The average Bonchev–Trinajstić information content (AvgIpc) is 2.61. The van der Waals surface area contributed by atoms with E-state index in [4.69, 9.17) is 11.6 Å². The Labute approximate surface area is 161 Å². The summed E-state index contributed by atoms with van der Waals surface area (Å²) in [6, 6.07) is 11.5. The number of nitrogens with zero attached hydrogens (tertiary/aromatic N) is 1. The average molecular weight is 397 g/mol. The van der Waals surface area contributed by atoms with E-state index < -0.39 is 17.6 Å². The number of alkyl halides is 3. The Morgan fingerprint density at radius 3 is 2.74 bits per heavy atom. The molecule has 0 aliphatic heterocycles. The molecule has 27 heavy (non-hydrogen) atoms. The first-order chi connectivity index (χ1) is 12.8. The van der Waals surface area contributed by atoms with Crippen LogP contribution in [0.4, 0.5) is 18.9 Å². The van der Waals surface area contributed by atoms with Gasteiger partial charge in [0.25, 0.3) is 0 Å². The van der Waals surface area contributed by atoms with Gasteiger partial charge in [-0.05, 0) is 55.6 Å². The summed E-state index contributed by atoms with van der Waals surface area (Å²) in [7, 11) is 1.82. The third-order valence-corrected chi connectivity index (χ3v) is 5.06. The maximum absolute atomic E-state index is 13.2. The molecule has 0 heterocycles. The van der Waals surface area contributed by atoms with Crippen LogP contribution < -0.4 is 5.32 Å². The molecule has 1 N–H and O–H groups in total. The van der Waals surface area contributed by atoms with E-state index in [0.29, 0.717) is 0 Å². The fourth-order valence-electron chi connectivity index (χ4n) is 3.57. The minimum atomic E-state index is -4.60. The van der Waals surface area contributed by atoms with Crippen LogP contribution in [0.25, 0.3) is 0 Å². The second-order valence-corrected chi connectivity index (χ2v) is 7.19. The molecule has 1 amide bonds. The first-order valence-corrected chi connectivity index (χ1v) is 9.08. The van der Waals surface area contributed by atoms with Gasteiger partial charge in [0.1, 0.15) is 0 Å². The van der Waals surface area contributed by atoms with Gasteiger partial charge in [-0.15, -0.1) is 0 Å². The van der Waals surface area contributed by atoms with Crippen molar-refractivity contribution in [3.05, 3.63) is 64.2 Å². The second-order valence-electron chi connectivity index (χ2n) is 6.76. The molecule has 0 bridgehead atoms. The van der Waals surface area contributed by atoms with Gasteiger partial charge in [0.2, 0.25) is 5.91 Å². The van der Waals surface area contributed by atoms with E-state index in [0.717, 1.165) is 25.3 Å². The molecule has 0 fully saturated rings. The van der Waals surface area contributed by atoms with Gasteiger partial charge in [0.05, 0.1) is 17.8 Å². The lowest BCUT2D eigenvalue weighted by Gasteiger charge is -2.33. The van der Waals surface area contributed by atoms with Crippen LogP contribution in [0.2, 0.25) is 5.02 Å². The molecule has 144 valence electrons. The summed E-state index contributed by atoms with van der Waals surface area (Å²) in [5.41, 5.74) is 1.21. The fourth-order valence-corrected chi connectivity index (χ4v) is 3.74. The Morgan fingerprint density at radius 1 is 1.26 bits per heavy atom. The standard InChI is InChI=1S/C20H20ClF3N2O/c1-26(18-8-4-6-13-5-2-3-7-15(13)18)12-19(27)25-17-10-9-14(21)11-16(17)20(22,23)24/h2-3,5,7,9-11,18H,4,6,8,12H2,1H3,(H,25,27)/t18-/m0/s1. The number of carbonyl (C=O) groups is 1. The molecule has 3 rings (SSSR count). The van der Waals surface area contributed by atoms with E-state index in [1.807, 2.05) is 24.1 Å². The Bertz CT molecular complexity index is 838. The highest BCUT2D eigenvalue weighted by Crippen LogP contribution is 2.37. The summed E-state index contributed by atoms with van der Waals surface area (Å²) in [6.45, 7) is -0.00107. The van der Waals surface area contributed by atoms with Gasteiger partial charge >= 0.3 is 6.18 Å². The number of hydrogen-bond donors (Lipinski definition) is 1. The minimum Gasteiger partial charge on any atom is -0.324 e.